The molecule has 1 saturated carbocycles. The van der Waals surface area contributed by atoms with Crippen LogP contribution in [0, 0.1) is 5.92 Å². The number of hydrogen-bond donors (Lipinski definition) is 2. The SMILES string of the molecule is CC1CCCC(O)(CNc2nccn2C)C1. The highest BCUT2D eigenvalue weighted by atomic mass is 16.3. The smallest absolute Gasteiger partial charge is 0.202 e. The number of nitrogens with one attached hydrogen (secondary N) is 1. The van der Waals surface area contributed by atoms with E-state index in [0.717, 1.165) is 25.2 Å². The average Bonchev–Trinajstić information content (AvgIpc) is 2.61. The van der Waals surface area contributed by atoms with E-state index in [1.54, 1.807) is 6.20 Å². The Bertz CT molecular complexity index is 350. The third-order valence-electron chi connectivity index (χ3n) is 3.46. The Morgan fingerprint density at radius 3 is 3.12 bits per heavy atom. The summed E-state index contributed by atoms with van der Waals surface area (Å²) in [4.78, 5) is 4.19. The summed E-state index contributed by atoms with van der Waals surface area (Å²) >= 11 is 0. The molecular weight excluding hydrogens is 202 g/mol. The molecule has 0 bridgehead atoms. The third-order valence-corrected chi connectivity index (χ3v) is 3.46. The second-order valence-corrected chi connectivity index (χ2v) is 5.14. The minimum atomic E-state index is -0.552. The Morgan fingerprint density at radius 2 is 2.50 bits per heavy atom. The van der Waals surface area contributed by atoms with E-state index in [9.17, 15) is 5.11 Å². The molecule has 2 N–H and O–H groups in total. The number of aryl methyl sites for hydroxylation is 1. The van der Waals surface area contributed by atoms with Crippen LogP contribution in [-0.2, 0) is 7.05 Å². The number of nitrogens with zero attached hydrogens (tertiary/aromatic N) is 2. The zero-order valence-corrected chi connectivity index (χ0v) is 10.1. The van der Waals surface area contributed by atoms with Gasteiger partial charge in [0.25, 0.3) is 0 Å². The first-order valence-corrected chi connectivity index (χ1v) is 6.03. The predicted octanol–water partition coefficient (Wildman–Crippen LogP) is 1.77. The van der Waals surface area contributed by atoms with Crippen molar-refractivity contribution < 1.29 is 5.11 Å². The molecule has 2 atom stereocenters. The van der Waals surface area contributed by atoms with Gasteiger partial charge in [0.1, 0.15) is 0 Å². The standard InChI is InChI=1S/C12H21N3O/c1-10-4-3-5-12(16,8-10)9-14-11-13-6-7-15(11)2/h6-7,10,16H,3-5,8-9H2,1-2H3,(H,13,14). The van der Waals surface area contributed by atoms with Gasteiger partial charge in [0.2, 0.25) is 5.95 Å². The van der Waals surface area contributed by atoms with E-state index in [-0.39, 0.29) is 0 Å². The highest BCUT2D eigenvalue weighted by Gasteiger charge is 2.32. The Balaban J connectivity index is 1.91. The molecule has 2 rings (SSSR count). The molecule has 1 aromatic heterocycles. The van der Waals surface area contributed by atoms with Crippen LogP contribution in [0.25, 0.3) is 0 Å². The predicted molar refractivity (Wildman–Crippen MR) is 64.3 cm³/mol. The number of imidazole rings is 1. The van der Waals surface area contributed by atoms with E-state index in [2.05, 4.69) is 17.2 Å². The van der Waals surface area contributed by atoms with Crippen molar-refractivity contribution in [3.8, 4) is 0 Å². The minimum Gasteiger partial charge on any atom is -0.388 e. The largest absolute Gasteiger partial charge is 0.388 e. The third kappa shape index (κ3) is 2.55. The highest BCUT2D eigenvalue weighted by molar-refractivity contribution is 5.26. The minimum absolute atomic E-state index is 0.552. The summed E-state index contributed by atoms with van der Waals surface area (Å²) in [5.41, 5.74) is -0.552. The van der Waals surface area contributed by atoms with Crippen LogP contribution in [0.1, 0.15) is 32.6 Å². The molecular formula is C12H21N3O. The molecule has 1 aromatic rings. The molecule has 1 heterocycles. The Morgan fingerprint density at radius 1 is 1.69 bits per heavy atom. The molecule has 90 valence electrons. The van der Waals surface area contributed by atoms with Gasteiger partial charge in [0, 0.05) is 26.0 Å². The first-order valence-electron chi connectivity index (χ1n) is 6.03. The van der Waals surface area contributed by atoms with Crippen LogP contribution in [0.4, 0.5) is 5.95 Å². The van der Waals surface area contributed by atoms with Crippen LogP contribution in [0.3, 0.4) is 0 Å². The van der Waals surface area contributed by atoms with Crippen LogP contribution in [0.15, 0.2) is 12.4 Å². The van der Waals surface area contributed by atoms with Crippen molar-refractivity contribution in [2.75, 3.05) is 11.9 Å². The fraction of sp³-hybridized carbons (Fsp3) is 0.750. The number of aromatic nitrogens is 2. The zero-order valence-electron chi connectivity index (χ0n) is 10.1. The summed E-state index contributed by atoms with van der Waals surface area (Å²) in [6.45, 7) is 2.81. The lowest BCUT2D eigenvalue weighted by Crippen LogP contribution is -2.41. The van der Waals surface area contributed by atoms with Gasteiger partial charge in [0.15, 0.2) is 0 Å². The number of hydrogen-bond acceptors (Lipinski definition) is 3. The van der Waals surface area contributed by atoms with Gasteiger partial charge < -0.3 is 15.0 Å². The van der Waals surface area contributed by atoms with Crippen molar-refractivity contribution >= 4 is 5.95 Å². The fourth-order valence-electron chi connectivity index (χ4n) is 2.57. The summed E-state index contributed by atoms with van der Waals surface area (Å²) in [6.07, 6.45) is 7.82. The quantitative estimate of drug-likeness (QED) is 0.821. The zero-order chi connectivity index (χ0) is 11.6. The van der Waals surface area contributed by atoms with Crippen molar-refractivity contribution in [3.05, 3.63) is 12.4 Å². The second kappa shape index (κ2) is 4.45. The molecule has 0 amide bonds. The van der Waals surface area contributed by atoms with Crippen molar-refractivity contribution in [1.82, 2.24) is 9.55 Å². The topological polar surface area (TPSA) is 50.1 Å². The van der Waals surface area contributed by atoms with E-state index in [1.807, 2.05) is 17.8 Å². The summed E-state index contributed by atoms with van der Waals surface area (Å²) in [7, 11) is 1.95. The van der Waals surface area contributed by atoms with Gasteiger partial charge in [-0.05, 0) is 18.8 Å². The van der Waals surface area contributed by atoms with E-state index < -0.39 is 5.60 Å². The number of aliphatic hydroxyl groups is 1. The maximum Gasteiger partial charge on any atom is 0.202 e. The van der Waals surface area contributed by atoms with E-state index in [1.165, 1.54) is 6.42 Å². The van der Waals surface area contributed by atoms with Crippen molar-refractivity contribution in [2.24, 2.45) is 13.0 Å². The van der Waals surface area contributed by atoms with Gasteiger partial charge in [-0.2, -0.15) is 0 Å². The molecule has 0 spiro atoms. The molecule has 0 radical (unpaired) electrons. The Labute approximate surface area is 96.7 Å². The van der Waals surface area contributed by atoms with Crippen LogP contribution in [0.5, 0.6) is 0 Å². The van der Waals surface area contributed by atoms with Gasteiger partial charge in [0.05, 0.1) is 5.60 Å². The highest BCUT2D eigenvalue weighted by Crippen LogP contribution is 2.32. The molecule has 0 aromatic carbocycles. The molecule has 16 heavy (non-hydrogen) atoms. The second-order valence-electron chi connectivity index (χ2n) is 5.14. The maximum absolute atomic E-state index is 10.4. The average molecular weight is 223 g/mol. The summed E-state index contributed by atoms with van der Waals surface area (Å²) in [5.74, 6) is 1.45. The lowest BCUT2D eigenvalue weighted by molar-refractivity contribution is -0.000926. The molecule has 4 heteroatoms. The molecule has 2 unspecified atom stereocenters. The van der Waals surface area contributed by atoms with Gasteiger partial charge in [-0.25, -0.2) is 4.98 Å². The molecule has 0 aliphatic heterocycles. The molecule has 1 aliphatic carbocycles. The maximum atomic E-state index is 10.4. The molecule has 4 nitrogen and oxygen atoms in total. The van der Waals surface area contributed by atoms with Gasteiger partial charge in [-0.1, -0.05) is 19.8 Å². The van der Waals surface area contributed by atoms with Crippen LogP contribution >= 0.6 is 0 Å². The molecule has 1 aliphatic rings. The Hall–Kier alpha value is -1.03. The van der Waals surface area contributed by atoms with Crippen LogP contribution in [0.2, 0.25) is 0 Å². The number of anilines is 1. The lowest BCUT2D eigenvalue weighted by atomic mass is 9.79. The first-order chi connectivity index (χ1) is 7.59. The monoisotopic (exact) mass is 223 g/mol. The van der Waals surface area contributed by atoms with E-state index in [4.69, 9.17) is 0 Å². The normalized spacial score (nSPS) is 30.3. The van der Waals surface area contributed by atoms with E-state index in [0.29, 0.717) is 12.5 Å². The summed E-state index contributed by atoms with van der Waals surface area (Å²) in [5, 5.41) is 13.7. The van der Waals surface area contributed by atoms with Crippen molar-refractivity contribution in [2.45, 2.75) is 38.2 Å². The van der Waals surface area contributed by atoms with E-state index >= 15 is 0 Å². The van der Waals surface area contributed by atoms with Gasteiger partial charge >= 0.3 is 0 Å². The van der Waals surface area contributed by atoms with Gasteiger partial charge in [-0.3, -0.25) is 0 Å². The number of rotatable bonds is 3. The van der Waals surface area contributed by atoms with Gasteiger partial charge in [-0.15, -0.1) is 0 Å². The fourth-order valence-corrected chi connectivity index (χ4v) is 2.57. The van der Waals surface area contributed by atoms with Crippen molar-refractivity contribution in [3.63, 3.8) is 0 Å². The summed E-state index contributed by atoms with van der Waals surface area (Å²) < 4.78 is 1.93. The summed E-state index contributed by atoms with van der Waals surface area (Å²) in [6, 6.07) is 0. The van der Waals surface area contributed by atoms with Crippen LogP contribution in [-0.4, -0.2) is 26.8 Å². The molecule has 1 fully saturated rings. The van der Waals surface area contributed by atoms with Crippen LogP contribution < -0.4 is 5.32 Å². The molecule has 0 saturated heterocycles. The first kappa shape index (κ1) is 11.5. The van der Waals surface area contributed by atoms with Crippen molar-refractivity contribution in [1.29, 1.82) is 0 Å². The lowest BCUT2D eigenvalue weighted by Gasteiger charge is -2.35. The Kier molecular flexibility index (Phi) is 3.19.